The van der Waals surface area contributed by atoms with Crippen LogP contribution in [0.25, 0.3) is 6.08 Å². The summed E-state index contributed by atoms with van der Waals surface area (Å²) in [5, 5.41) is 2.21. The molecule has 0 spiro atoms. The lowest BCUT2D eigenvalue weighted by Gasteiger charge is -2.17. The van der Waals surface area contributed by atoms with Crippen LogP contribution in [-0.2, 0) is 22.6 Å². The summed E-state index contributed by atoms with van der Waals surface area (Å²) in [7, 11) is 0. The topological polar surface area (TPSA) is 84.9 Å². The summed E-state index contributed by atoms with van der Waals surface area (Å²) in [6.45, 7) is 6.10. The van der Waals surface area contributed by atoms with Crippen molar-refractivity contribution in [1.29, 1.82) is 0 Å². The number of nitrogens with zero attached hydrogens (tertiary/aromatic N) is 1. The van der Waals surface area contributed by atoms with Gasteiger partial charge in [0.2, 0.25) is 5.91 Å². The van der Waals surface area contributed by atoms with Crippen LogP contribution < -0.4 is 14.8 Å². The molecule has 1 aliphatic heterocycles. The first-order valence-electron chi connectivity index (χ1n) is 12.4. The van der Waals surface area contributed by atoms with Crippen LogP contribution >= 0.6 is 43.6 Å². The van der Waals surface area contributed by atoms with Gasteiger partial charge < -0.3 is 14.8 Å². The molecule has 0 saturated carbocycles. The van der Waals surface area contributed by atoms with E-state index in [1.54, 1.807) is 36.4 Å². The Morgan fingerprint density at radius 3 is 2.52 bits per heavy atom. The van der Waals surface area contributed by atoms with Gasteiger partial charge in [-0.3, -0.25) is 19.3 Å². The minimum Gasteiger partial charge on any atom is -0.490 e. The molecule has 10 heteroatoms. The lowest BCUT2D eigenvalue weighted by Crippen LogP contribution is -2.36. The fourth-order valence-electron chi connectivity index (χ4n) is 3.92. The zero-order valence-electron chi connectivity index (χ0n) is 21.6. The molecule has 1 aliphatic rings. The molecule has 1 heterocycles. The highest BCUT2D eigenvalue weighted by atomic mass is 79.9. The van der Waals surface area contributed by atoms with Gasteiger partial charge >= 0.3 is 0 Å². The van der Waals surface area contributed by atoms with E-state index in [4.69, 9.17) is 9.47 Å². The number of nitrogens with one attached hydrogen (secondary N) is 1. The molecular weight excluding hydrogens is 660 g/mol. The number of ether oxygens (including phenoxy) is 2. The SMILES string of the molecule is C=CCc1cc(/C=C2\SC(=O)N(CC(=O)Nc3ccccc3Br)C2=O)cc(OCC)c1OCc1ccc(Br)cc1. The largest absolute Gasteiger partial charge is 0.490 e. The number of carbonyl (C=O) groups is 3. The summed E-state index contributed by atoms with van der Waals surface area (Å²) in [5.41, 5.74) is 3.04. The average molecular weight is 686 g/mol. The number of thioether (sulfide) groups is 1. The molecule has 3 aromatic carbocycles. The number of hydrogen-bond donors (Lipinski definition) is 1. The number of para-hydroxylation sites is 1. The Kier molecular flexibility index (Phi) is 10.2. The van der Waals surface area contributed by atoms with E-state index in [1.165, 1.54) is 0 Å². The maximum atomic E-state index is 13.1. The molecule has 0 radical (unpaired) electrons. The molecule has 7 nitrogen and oxygen atoms in total. The maximum absolute atomic E-state index is 13.1. The highest BCUT2D eigenvalue weighted by molar-refractivity contribution is 9.10. The first-order chi connectivity index (χ1) is 19.3. The zero-order chi connectivity index (χ0) is 28.6. The predicted molar refractivity (Wildman–Crippen MR) is 165 cm³/mol. The van der Waals surface area contributed by atoms with Crippen LogP contribution in [0.5, 0.6) is 11.5 Å². The molecule has 1 N–H and O–H groups in total. The van der Waals surface area contributed by atoms with Gasteiger partial charge in [0.05, 0.1) is 17.2 Å². The second-order valence-electron chi connectivity index (χ2n) is 8.64. The van der Waals surface area contributed by atoms with Crippen LogP contribution in [0.3, 0.4) is 0 Å². The second kappa shape index (κ2) is 13.8. The summed E-state index contributed by atoms with van der Waals surface area (Å²) in [6, 6.07) is 18.6. The quantitative estimate of drug-likeness (QED) is 0.165. The Morgan fingerprint density at radius 1 is 1.07 bits per heavy atom. The fraction of sp³-hybridized carbons (Fsp3) is 0.167. The van der Waals surface area contributed by atoms with Gasteiger partial charge in [-0.15, -0.1) is 6.58 Å². The molecule has 0 aromatic heterocycles. The smallest absolute Gasteiger partial charge is 0.294 e. The summed E-state index contributed by atoms with van der Waals surface area (Å²) in [4.78, 5) is 39.5. The van der Waals surface area contributed by atoms with Gasteiger partial charge in [-0.2, -0.15) is 0 Å². The third kappa shape index (κ3) is 7.44. The molecule has 3 amide bonds. The molecule has 0 bridgehead atoms. The highest BCUT2D eigenvalue weighted by Crippen LogP contribution is 2.38. The lowest BCUT2D eigenvalue weighted by atomic mass is 10.0. The third-order valence-corrected chi connectivity index (χ3v) is 7.86. The number of anilines is 1. The van der Waals surface area contributed by atoms with E-state index in [9.17, 15) is 14.4 Å². The maximum Gasteiger partial charge on any atom is 0.294 e. The van der Waals surface area contributed by atoms with E-state index in [0.29, 0.717) is 46.9 Å². The number of halogens is 2. The predicted octanol–water partition coefficient (Wildman–Crippen LogP) is 7.59. The summed E-state index contributed by atoms with van der Waals surface area (Å²) >= 11 is 7.60. The van der Waals surface area contributed by atoms with Crippen molar-refractivity contribution in [2.24, 2.45) is 0 Å². The van der Waals surface area contributed by atoms with Crippen molar-refractivity contribution in [1.82, 2.24) is 4.90 Å². The number of allylic oxidation sites excluding steroid dienone is 1. The van der Waals surface area contributed by atoms with Gasteiger partial charge in [0.15, 0.2) is 11.5 Å². The summed E-state index contributed by atoms with van der Waals surface area (Å²) in [5.74, 6) is 0.113. The van der Waals surface area contributed by atoms with E-state index < -0.39 is 23.6 Å². The standard InChI is InChI=1S/C30H26Br2N2O5S/c1-3-7-21-14-20(15-25(38-4-2)28(21)39-18-19-10-12-22(31)13-11-19)16-26-29(36)34(30(37)40-26)17-27(35)33-24-9-6-5-8-23(24)32/h3,5-6,8-16H,1,4,7,17-18H2,2H3,(H,33,35)/b26-16-. The Labute approximate surface area is 253 Å². The fourth-order valence-corrected chi connectivity index (χ4v) is 5.41. The average Bonchev–Trinajstić information content (AvgIpc) is 3.18. The van der Waals surface area contributed by atoms with Crippen molar-refractivity contribution in [3.8, 4) is 11.5 Å². The van der Waals surface area contributed by atoms with Gasteiger partial charge in [-0.25, -0.2) is 0 Å². The molecular formula is C30H26Br2N2O5S. The Balaban J connectivity index is 1.55. The molecule has 3 aromatic rings. The molecule has 0 atom stereocenters. The summed E-state index contributed by atoms with van der Waals surface area (Å²) in [6.07, 6.45) is 3.90. The summed E-state index contributed by atoms with van der Waals surface area (Å²) < 4.78 is 13.8. The van der Waals surface area contributed by atoms with E-state index in [-0.39, 0.29) is 4.91 Å². The molecule has 40 heavy (non-hydrogen) atoms. The third-order valence-electron chi connectivity index (χ3n) is 5.74. The van der Waals surface area contributed by atoms with Crippen molar-refractivity contribution in [3.63, 3.8) is 0 Å². The van der Waals surface area contributed by atoms with Crippen LogP contribution in [0.2, 0.25) is 0 Å². The number of amides is 3. The Hall–Kier alpha value is -3.34. The number of rotatable bonds is 11. The number of carbonyl (C=O) groups excluding carboxylic acids is 3. The minimum absolute atomic E-state index is 0.217. The van der Waals surface area contributed by atoms with Crippen molar-refractivity contribution in [2.75, 3.05) is 18.5 Å². The zero-order valence-corrected chi connectivity index (χ0v) is 25.6. The number of benzene rings is 3. The molecule has 1 fully saturated rings. The first kappa shape index (κ1) is 29.6. The molecule has 206 valence electrons. The van der Waals surface area contributed by atoms with Crippen LogP contribution in [0, 0.1) is 0 Å². The number of imide groups is 1. The van der Waals surface area contributed by atoms with Gasteiger partial charge in [-0.1, -0.05) is 46.3 Å². The van der Waals surface area contributed by atoms with Crippen LogP contribution in [0.15, 0.2) is 87.2 Å². The van der Waals surface area contributed by atoms with E-state index in [1.807, 2.05) is 43.3 Å². The molecule has 4 rings (SSSR count). The van der Waals surface area contributed by atoms with Gasteiger partial charge in [0.25, 0.3) is 11.1 Å². The lowest BCUT2D eigenvalue weighted by molar-refractivity contribution is -0.127. The van der Waals surface area contributed by atoms with Crippen LogP contribution in [0.4, 0.5) is 10.5 Å². The van der Waals surface area contributed by atoms with Gasteiger partial charge in [-0.05, 0) is 94.6 Å². The second-order valence-corrected chi connectivity index (χ2v) is 11.4. The van der Waals surface area contributed by atoms with Gasteiger partial charge in [0.1, 0.15) is 13.2 Å². The number of hydrogen-bond acceptors (Lipinski definition) is 6. The van der Waals surface area contributed by atoms with Crippen molar-refractivity contribution < 1.29 is 23.9 Å². The van der Waals surface area contributed by atoms with Gasteiger partial charge in [0, 0.05) is 14.5 Å². The minimum atomic E-state index is -0.531. The Bertz CT molecular complexity index is 1470. The van der Waals surface area contributed by atoms with E-state index in [0.717, 1.165) is 32.3 Å². The monoisotopic (exact) mass is 684 g/mol. The Morgan fingerprint density at radius 2 is 1.82 bits per heavy atom. The van der Waals surface area contributed by atoms with E-state index in [2.05, 4.69) is 43.8 Å². The van der Waals surface area contributed by atoms with Crippen molar-refractivity contribution in [3.05, 3.63) is 104 Å². The molecule has 1 saturated heterocycles. The first-order valence-corrected chi connectivity index (χ1v) is 14.8. The van der Waals surface area contributed by atoms with E-state index >= 15 is 0 Å². The highest BCUT2D eigenvalue weighted by Gasteiger charge is 2.36. The normalized spacial score (nSPS) is 14.0. The van der Waals surface area contributed by atoms with Crippen LogP contribution in [0.1, 0.15) is 23.6 Å². The van der Waals surface area contributed by atoms with Crippen molar-refractivity contribution >= 4 is 72.4 Å². The molecule has 0 aliphatic carbocycles. The van der Waals surface area contributed by atoms with Crippen LogP contribution in [-0.4, -0.2) is 35.1 Å². The molecule has 0 unspecified atom stereocenters. The van der Waals surface area contributed by atoms with Crippen molar-refractivity contribution in [2.45, 2.75) is 20.0 Å².